The van der Waals surface area contributed by atoms with Crippen molar-refractivity contribution >= 4 is 22.0 Å². The minimum Gasteiger partial charge on any atom is -0.490 e. The highest BCUT2D eigenvalue weighted by Gasteiger charge is 2.27. The van der Waals surface area contributed by atoms with Gasteiger partial charge in [-0.3, -0.25) is 4.79 Å². The highest BCUT2D eigenvalue weighted by Crippen LogP contribution is 2.36. The van der Waals surface area contributed by atoms with Gasteiger partial charge < -0.3 is 9.47 Å². The Labute approximate surface area is 130 Å². The third kappa shape index (κ3) is 3.09. The van der Waals surface area contributed by atoms with Gasteiger partial charge in [0.15, 0.2) is 11.5 Å². The van der Waals surface area contributed by atoms with Crippen LogP contribution in [0.1, 0.15) is 19.4 Å². The number of carbonyl (C=O) groups is 1. The molecule has 1 heterocycles. The van der Waals surface area contributed by atoms with Crippen LogP contribution in [0.3, 0.4) is 0 Å². The molecule has 0 aliphatic carbocycles. The van der Waals surface area contributed by atoms with E-state index >= 15 is 0 Å². The number of benzene rings is 1. The highest BCUT2D eigenvalue weighted by molar-refractivity contribution is 7.89. The van der Waals surface area contributed by atoms with E-state index in [4.69, 9.17) is 9.47 Å². The highest BCUT2D eigenvalue weighted by atomic mass is 32.2. The summed E-state index contributed by atoms with van der Waals surface area (Å²) in [6.07, 6.45) is 1.64. The van der Waals surface area contributed by atoms with Crippen LogP contribution in [-0.4, -0.2) is 44.6 Å². The Kier molecular flexibility index (Phi) is 4.75. The van der Waals surface area contributed by atoms with Gasteiger partial charge >= 0.3 is 0 Å². The van der Waals surface area contributed by atoms with Gasteiger partial charge in [-0.25, -0.2) is 12.7 Å². The monoisotopic (exact) mass is 325 g/mol. The van der Waals surface area contributed by atoms with Crippen LogP contribution in [0.15, 0.2) is 23.8 Å². The number of ether oxygens (including phenoxy) is 2. The zero-order chi connectivity index (χ0) is 16.3. The summed E-state index contributed by atoms with van der Waals surface area (Å²) >= 11 is 0. The average molecular weight is 325 g/mol. The lowest BCUT2D eigenvalue weighted by Gasteiger charge is -2.23. The molecular formula is C15H19NO5S. The van der Waals surface area contributed by atoms with Gasteiger partial charge in [-0.05, 0) is 26.0 Å². The first-order valence-corrected chi connectivity index (χ1v) is 8.61. The van der Waals surface area contributed by atoms with Gasteiger partial charge in [0.05, 0.1) is 17.9 Å². The van der Waals surface area contributed by atoms with Crippen molar-refractivity contribution in [3.8, 4) is 11.5 Å². The molecule has 1 aromatic rings. The molecule has 1 aliphatic heterocycles. The van der Waals surface area contributed by atoms with Gasteiger partial charge in [-0.15, -0.1) is 0 Å². The molecule has 0 N–H and O–H groups in total. The number of hydrogen-bond acceptors (Lipinski definition) is 5. The molecule has 2 rings (SSSR count). The lowest BCUT2D eigenvalue weighted by molar-refractivity contribution is -0.122. The minimum atomic E-state index is -3.58. The van der Waals surface area contributed by atoms with Crippen molar-refractivity contribution < 1.29 is 22.7 Å². The smallest absolute Gasteiger partial charge is 0.266 e. The Hall–Kier alpha value is -2.02. The van der Waals surface area contributed by atoms with Gasteiger partial charge in [-0.1, -0.05) is 12.1 Å². The Bertz CT molecular complexity index is 709. The van der Waals surface area contributed by atoms with Crippen molar-refractivity contribution in [2.45, 2.75) is 13.8 Å². The maximum absolute atomic E-state index is 12.3. The molecule has 0 saturated carbocycles. The fraction of sp³-hybridized carbons (Fsp3) is 0.400. The van der Waals surface area contributed by atoms with Crippen molar-refractivity contribution in [2.75, 3.05) is 26.0 Å². The standard InChI is InChI=1S/C15H19NO5S/c1-4-20-13-8-6-7-11-9-12(10-21-14(11)13)15(17)16(3)22(18,19)5-2/h6-9H,4-5,10H2,1-3H3. The summed E-state index contributed by atoms with van der Waals surface area (Å²) in [5.41, 5.74) is 0.989. The summed E-state index contributed by atoms with van der Waals surface area (Å²) in [6.45, 7) is 3.89. The molecule has 120 valence electrons. The molecule has 0 bridgehead atoms. The predicted molar refractivity (Wildman–Crippen MR) is 83.3 cm³/mol. The Balaban J connectivity index is 2.33. The van der Waals surface area contributed by atoms with Gasteiger partial charge in [0.25, 0.3) is 5.91 Å². The minimum absolute atomic E-state index is 0.0134. The molecule has 0 aromatic heterocycles. The summed E-state index contributed by atoms with van der Waals surface area (Å²) < 4.78 is 35.4. The van der Waals surface area contributed by atoms with Crippen LogP contribution in [0, 0.1) is 0 Å². The van der Waals surface area contributed by atoms with E-state index in [1.807, 2.05) is 6.92 Å². The lowest BCUT2D eigenvalue weighted by Crippen LogP contribution is -2.36. The molecule has 0 unspecified atom stereocenters. The second-order valence-electron chi connectivity index (χ2n) is 4.74. The van der Waals surface area contributed by atoms with Crippen molar-refractivity contribution in [1.29, 1.82) is 0 Å². The Morgan fingerprint density at radius 1 is 1.36 bits per heavy atom. The molecule has 0 atom stereocenters. The van der Waals surface area contributed by atoms with E-state index < -0.39 is 15.9 Å². The van der Waals surface area contributed by atoms with Crippen LogP contribution in [0.5, 0.6) is 11.5 Å². The number of para-hydroxylation sites is 1. The molecule has 0 saturated heterocycles. The number of amides is 1. The Morgan fingerprint density at radius 3 is 2.73 bits per heavy atom. The van der Waals surface area contributed by atoms with Crippen LogP contribution in [0.2, 0.25) is 0 Å². The lowest BCUT2D eigenvalue weighted by atomic mass is 10.1. The molecule has 7 heteroatoms. The maximum atomic E-state index is 12.3. The van der Waals surface area contributed by atoms with Crippen molar-refractivity contribution in [3.05, 3.63) is 29.3 Å². The van der Waals surface area contributed by atoms with Gasteiger partial charge in [0, 0.05) is 12.6 Å². The van der Waals surface area contributed by atoms with E-state index in [9.17, 15) is 13.2 Å². The number of carbonyl (C=O) groups excluding carboxylic acids is 1. The van der Waals surface area contributed by atoms with Crippen molar-refractivity contribution in [3.63, 3.8) is 0 Å². The zero-order valence-corrected chi connectivity index (χ0v) is 13.6. The fourth-order valence-electron chi connectivity index (χ4n) is 2.10. The summed E-state index contributed by atoms with van der Waals surface area (Å²) in [7, 11) is -2.32. The number of fused-ring (bicyclic) bond motifs is 1. The van der Waals surface area contributed by atoms with E-state index in [1.54, 1.807) is 24.3 Å². The van der Waals surface area contributed by atoms with Crippen LogP contribution in [0.4, 0.5) is 0 Å². The normalized spacial score (nSPS) is 13.7. The van der Waals surface area contributed by atoms with Crippen LogP contribution < -0.4 is 9.47 Å². The van der Waals surface area contributed by atoms with Gasteiger partial charge in [-0.2, -0.15) is 0 Å². The number of hydrogen-bond donors (Lipinski definition) is 0. The molecular weight excluding hydrogens is 306 g/mol. The molecule has 0 radical (unpaired) electrons. The summed E-state index contributed by atoms with van der Waals surface area (Å²) in [5, 5.41) is 0. The number of rotatable bonds is 5. The van der Waals surface area contributed by atoms with Gasteiger partial charge in [0.2, 0.25) is 10.0 Å². The quantitative estimate of drug-likeness (QED) is 0.823. The molecule has 22 heavy (non-hydrogen) atoms. The number of likely N-dealkylation sites (N-methyl/N-ethyl adjacent to an activating group) is 1. The van der Waals surface area contributed by atoms with Crippen LogP contribution >= 0.6 is 0 Å². The average Bonchev–Trinajstić information content (AvgIpc) is 2.53. The molecule has 6 nitrogen and oxygen atoms in total. The van der Waals surface area contributed by atoms with Gasteiger partial charge in [0.1, 0.15) is 6.61 Å². The fourth-order valence-corrected chi connectivity index (χ4v) is 2.85. The number of sulfonamides is 1. The molecule has 1 aliphatic rings. The van der Waals surface area contributed by atoms with Crippen LogP contribution in [-0.2, 0) is 14.8 Å². The zero-order valence-electron chi connectivity index (χ0n) is 12.8. The number of nitrogens with zero attached hydrogens (tertiary/aromatic N) is 1. The van der Waals surface area contributed by atoms with Crippen LogP contribution in [0.25, 0.3) is 6.08 Å². The molecule has 0 spiro atoms. The predicted octanol–water partition coefficient (Wildman–Crippen LogP) is 1.67. The third-order valence-corrected chi connectivity index (χ3v) is 5.08. The SMILES string of the molecule is CCOc1cccc2c1OCC(C(=O)N(C)S(=O)(=O)CC)=C2. The third-order valence-electron chi connectivity index (χ3n) is 3.35. The molecule has 0 fully saturated rings. The summed E-state index contributed by atoms with van der Waals surface area (Å²) in [6, 6.07) is 5.37. The topological polar surface area (TPSA) is 72.9 Å². The van der Waals surface area contributed by atoms with E-state index in [2.05, 4.69) is 0 Å². The summed E-state index contributed by atoms with van der Waals surface area (Å²) in [4.78, 5) is 12.3. The second-order valence-corrected chi connectivity index (χ2v) is 7.03. The van der Waals surface area contributed by atoms with E-state index in [0.717, 1.165) is 4.31 Å². The first-order valence-electron chi connectivity index (χ1n) is 7.00. The van der Waals surface area contributed by atoms with Crippen molar-refractivity contribution in [1.82, 2.24) is 4.31 Å². The first kappa shape index (κ1) is 16.4. The van der Waals surface area contributed by atoms with E-state index in [0.29, 0.717) is 29.2 Å². The Morgan fingerprint density at radius 2 is 2.09 bits per heavy atom. The maximum Gasteiger partial charge on any atom is 0.266 e. The van der Waals surface area contributed by atoms with Crippen molar-refractivity contribution in [2.24, 2.45) is 0 Å². The van der Waals surface area contributed by atoms with E-state index in [1.165, 1.54) is 14.0 Å². The van der Waals surface area contributed by atoms with E-state index in [-0.39, 0.29) is 12.4 Å². The second kappa shape index (κ2) is 6.39. The molecule has 1 amide bonds. The molecule has 1 aromatic carbocycles. The largest absolute Gasteiger partial charge is 0.490 e. The first-order chi connectivity index (χ1) is 10.4. The summed E-state index contributed by atoms with van der Waals surface area (Å²) in [5.74, 6) is 0.475.